The molecule has 0 spiro atoms. The molecule has 2 aliphatic heterocycles. The molecule has 4 heteroatoms. The summed E-state index contributed by atoms with van der Waals surface area (Å²) in [5, 5.41) is 3.92. The molecule has 1 aromatic carbocycles. The molecule has 2 heterocycles. The highest BCUT2D eigenvalue weighted by Crippen LogP contribution is 2.38. The summed E-state index contributed by atoms with van der Waals surface area (Å²) in [6.45, 7) is 1.58. The summed E-state index contributed by atoms with van der Waals surface area (Å²) in [4.78, 5) is 15.3. The van der Waals surface area contributed by atoms with Gasteiger partial charge in [0.15, 0.2) is 0 Å². The number of nitrogens with zero attached hydrogens (tertiary/aromatic N) is 1. The van der Waals surface area contributed by atoms with Crippen LogP contribution in [0.3, 0.4) is 0 Å². The Kier molecular flexibility index (Phi) is 4.78. The van der Waals surface area contributed by atoms with E-state index < -0.39 is 0 Å². The average molecular weight is 367 g/mol. The van der Waals surface area contributed by atoms with Crippen molar-refractivity contribution in [3.63, 3.8) is 0 Å². The highest BCUT2D eigenvalue weighted by atomic mass is 16.5. The fourth-order valence-corrected chi connectivity index (χ4v) is 5.46. The van der Waals surface area contributed by atoms with Gasteiger partial charge in [0.05, 0.1) is 6.10 Å². The number of ether oxygens (including phenoxy) is 1. The van der Waals surface area contributed by atoms with Crippen molar-refractivity contribution < 1.29 is 9.53 Å². The van der Waals surface area contributed by atoms with Crippen LogP contribution in [0.4, 0.5) is 0 Å². The Hall–Kier alpha value is -1.65. The number of amides is 1. The lowest BCUT2D eigenvalue weighted by Crippen LogP contribution is -2.49. The summed E-state index contributed by atoms with van der Waals surface area (Å²) in [6.07, 6.45) is 10.4. The van der Waals surface area contributed by atoms with E-state index in [1.54, 1.807) is 0 Å². The molecule has 4 nitrogen and oxygen atoms in total. The van der Waals surface area contributed by atoms with Crippen LogP contribution in [-0.4, -0.2) is 36.2 Å². The summed E-state index contributed by atoms with van der Waals surface area (Å²) in [5.74, 6) is 0.266. The third-order valence-electron chi connectivity index (χ3n) is 6.82. The third-order valence-corrected chi connectivity index (χ3v) is 6.82. The van der Waals surface area contributed by atoms with E-state index in [0.717, 1.165) is 57.2 Å². The number of carbonyl (C=O) groups is 1. The van der Waals surface area contributed by atoms with Gasteiger partial charge in [0, 0.05) is 24.8 Å². The highest BCUT2D eigenvalue weighted by Gasteiger charge is 2.42. The number of hydrogen-bond donors (Lipinski definition) is 1. The van der Waals surface area contributed by atoms with Crippen LogP contribution in [0.15, 0.2) is 35.4 Å². The number of fused-ring (bicyclic) bond motifs is 1. The van der Waals surface area contributed by atoms with Crippen LogP contribution in [0.2, 0.25) is 0 Å². The second-order valence-corrected chi connectivity index (χ2v) is 8.52. The number of carbonyl (C=O) groups excluding carboxylic acids is 1. The van der Waals surface area contributed by atoms with Crippen LogP contribution >= 0.6 is 0 Å². The summed E-state index contributed by atoms with van der Waals surface area (Å²) >= 11 is 0. The number of rotatable bonds is 4. The van der Waals surface area contributed by atoms with Gasteiger partial charge < -0.3 is 9.64 Å². The van der Waals surface area contributed by atoms with Crippen molar-refractivity contribution in [1.29, 1.82) is 0 Å². The van der Waals surface area contributed by atoms with E-state index >= 15 is 0 Å². The molecule has 1 aromatic rings. The number of nitrogens with one attached hydrogen (secondary N) is 1. The van der Waals surface area contributed by atoms with E-state index in [9.17, 15) is 4.79 Å². The largest absolute Gasteiger partial charge is 0.376 e. The SMILES string of the molecule is O=C1C2=C(CCCC2)[C@H](N[C@H]2CCCc3ccccc32)N1C[C@H]1CCCO1. The van der Waals surface area contributed by atoms with Crippen LogP contribution in [0, 0.1) is 0 Å². The van der Waals surface area contributed by atoms with Crippen LogP contribution in [-0.2, 0) is 16.0 Å². The van der Waals surface area contributed by atoms with Gasteiger partial charge in [0.2, 0.25) is 0 Å². The van der Waals surface area contributed by atoms with Crippen LogP contribution in [0.5, 0.6) is 0 Å². The standard InChI is InChI=1S/C23H30N2O2/c26-23-20-12-4-3-11-19(20)22(25(23)15-17-9-6-14-27-17)24-21-13-5-8-16-7-1-2-10-18(16)21/h1-2,7,10,17,21-22,24H,3-6,8-9,11-15H2/t17-,21+,22-/m1/s1. The molecule has 0 saturated carbocycles. The Morgan fingerprint density at radius 2 is 1.93 bits per heavy atom. The van der Waals surface area contributed by atoms with E-state index in [2.05, 4.69) is 34.5 Å². The Morgan fingerprint density at radius 1 is 1.04 bits per heavy atom. The van der Waals surface area contributed by atoms with Gasteiger partial charge in [0.25, 0.3) is 5.91 Å². The van der Waals surface area contributed by atoms with Crippen LogP contribution in [0.25, 0.3) is 0 Å². The van der Waals surface area contributed by atoms with E-state index in [1.807, 2.05) is 0 Å². The Bertz CT molecular complexity index is 751. The van der Waals surface area contributed by atoms with Gasteiger partial charge >= 0.3 is 0 Å². The van der Waals surface area contributed by atoms with Crippen molar-refractivity contribution in [2.75, 3.05) is 13.2 Å². The van der Waals surface area contributed by atoms with Crippen molar-refractivity contribution in [2.24, 2.45) is 0 Å². The molecular formula is C23H30N2O2. The van der Waals surface area contributed by atoms with E-state index in [0.29, 0.717) is 6.04 Å². The van der Waals surface area contributed by atoms with Gasteiger partial charge in [-0.3, -0.25) is 10.1 Å². The zero-order valence-electron chi connectivity index (χ0n) is 16.1. The van der Waals surface area contributed by atoms with E-state index in [4.69, 9.17) is 4.74 Å². The molecule has 1 fully saturated rings. The lowest BCUT2D eigenvalue weighted by molar-refractivity contribution is -0.129. The summed E-state index contributed by atoms with van der Waals surface area (Å²) in [5.41, 5.74) is 5.36. The van der Waals surface area contributed by atoms with Crippen molar-refractivity contribution in [3.8, 4) is 0 Å². The fraction of sp³-hybridized carbons (Fsp3) is 0.609. The number of benzene rings is 1. The van der Waals surface area contributed by atoms with Crippen molar-refractivity contribution in [3.05, 3.63) is 46.5 Å². The van der Waals surface area contributed by atoms with Crippen LogP contribution < -0.4 is 5.32 Å². The topological polar surface area (TPSA) is 41.6 Å². The van der Waals surface area contributed by atoms with Crippen LogP contribution in [0.1, 0.15) is 68.5 Å². The van der Waals surface area contributed by atoms with E-state index in [-0.39, 0.29) is 18.2 Å². The predicted molar refractivity (Wildman–Crippen MR) is 105 cm³/mol. The zero-order valence-corrected chi connectivity index (χ0v) is 16.1. The summed E-state index contributed by atoms with van der Waals surface area (Å²) in [7, 11) is 0. The summed E-state index contributed by atoms with van der Waals surface area (Å²) < 4.78 is 5.87. The second kappa shape index (κ2) is 7.40. The first kappa shape index (κ1) is 17.4. The quantitative estimate of drug-likeness (QED) is 0.879. The monoisotopic (exact) mass is 366 g/mol. The minimum absolute atomic E-state index is 0.0631. The van der Waals surface area contributed by atoms with Gasteiger partial charge in [-0.2, -0.15) is 0 Å². The summed E-state index contributed by atoms with van der Waals surface area (Å²) in [6, 6.07) is 9.16. The van der Waals surface area contributed by atoms with Crippen molar-refractivity contribution in [2.45, 2.75) is 76.1 Å². The lowest BCUT2D eigenvalue weighted by atomic mass is 9.86. The Labute approximate surface area is 162 Å². The molecule has 27 heavy (non-hydrogen) atoms. The lowest BCUT2D eigenvalue weighted by Gasteiger charge is -2.35. The maximum Gasteiger partial charge on any atom is 0.251 e. The molecule has 0 unspecified atom stereocenters. The Balaban J connectivity index is 1.42. The molecule has 0 bridgehead atoms. The molecule has 1 N–H and O–H groups in total. The van der Waals surface area contributed by atoms with E-state index in [1.165, 1.54) is 36.0 Å². The van der Waals surface area contributed by atoms with Crippen molar-refractivity contribution >= 4 is 5.91 Å². The minimum atomic E-state index is 0.0631. The number of aryl methyl sites for hydroxylation is 1. The second-order valence-electron chi connectivity index (χ2n) is 8.52. The predicted octanol–water partition coefficient (Wildman–Crippen LogP) is 3.87. The third kappa shape index (κ3) is 3.23. The average Bonchev–Trinajstić information content (AvgIpc) is 3.31. The molecular weight excluding hydrogens is 336 g/mol. The van der Waals surface area contributed by atoms with Crippen molar-refractivity contribution in [1.82, 2.24) is 10.2 Å². The molecule has 1 saturated heterocycles. The molecule has 4 aliphatic rings. The molecule has 5 rings (SSSR count). The molecule has 0 aromatic heterocycles. The smallest absolute Gasteiger partial charge is 0.251 e. The number of hydrogen-bond acceptors (Lipinski definition) is 3. The zero-order chi connectivity index (χ0) is 18.2. The highest BCUT2D eigenvalue weighted by molar-refractivity contribution is 5.97. The maximum absolute atomic E-state index is 13.2. The minimum Gasteiger partial charge on any atom is -0.376 e. The first-order valence-corrected chi connectivity index (χ1v) is 10.8. The molecule has 1 amide bonds. The van der Waals surface area contributed by atoms with Gasteiger partial charge in [-0.1, -0.05) is 24.3 Å². The molecule has 144 valence electrons. The Morgan fingerprint density at radius 3 is 2.81 bits per heavy atom. The normalized spacial score (nSPS) is 30.6. The first-order valence-electron chi connectivity index (χ1n) is 10.8. The maximum atomic E-state index is 13.2. The van der Waals surface area contributed by atoms with Gasteiger partial charge in [-0.25, -0.2) is 0 Å². The molecule has 0 radical (unpaired) electrons. The molecule has 2 aliphatic carbocycles. The fourth-order valence-electron chi connectivity index (χ4n) is 5.46. The van der Waals surface area contributed by atoms with Gasteiger partial charge in [-0.15, -0.1) is 0 Å². The first-order chi connectivity index (χ1) is 13.3. The van der Waals surface area contributed by atoms with Gasteiger partial charge in [-0.05, 0) is 74.5 Å². The molecule has 3 atom stereocenters. The van der Waals surface area contributed by atoms with Gasteiger partial charge in [0.1, 0.15) is 6.17 Å².